The van der Waals surface area contributed by atoms with Gasteiger partial charge in [0.2, 0.25) is 0 Å². The molecule has 0 unspecified atom stereocenters. The number of morpholine rings is 1. The van der Waals surface area contributed by atoms with Crippen LogP contribution in [0.4, 0.5) is 17.3 Å². The van der Waals surface area contributed by atoms with Crippen molar-refractivity contribution in [2.45, 2.75) is 6.92 Å². The minimum atomic E-state index is -0.729. The zero-order valence-electron chi connectivity index (χ0n) is 15.2. The molecule has 1 aliphatic heterocycles. The van der Waals surface area contributed by atoms with Crippen LogP contribution in [0.2, 0.25) is 0 Å². The summed E-state index contributed by atoms with van der Waals surface area (Å²) in [5.74, 6) is -1.91. The second-order valence-electron chi connectivity index (χ2n) is 5.90. The van der Waals surface area contributed by atoms with Crippen LogP contribution in [0.5, 0.6) is 0 Å². The van der Waals surface area contributed by atoms with Gasteiger partial charge in [0, 0.05) is 18.8 Å². The highest BCUT2D eigenvalue weighted by Gasteiger charge is 2.22. The molecule has 1 aliphatic rings. The number of carbonyl (C=O) groups excluding carboxylic acids is 2. The van der Waals surface area contributed by atoms with E-state index >= 15 is 0 Å². The van der Waals surface area contributed by atoms with Gasteiger partial charge in [-0.05, 0) is 31.2 Å². The third-order valence-electron chi connectivity index (χ3n) is 4.10. The number of esters is 1. The number of hydrogen-bond donors (Lipinski definition) is 1. The van der Waals surface area contributed by atoms with E-state index in [4.69, 9.17) is 13.9 Å². The first kappa shape index (κ1) is 19.4. The standard InChI is InChI=1S/C18H19N3O7/c1-2-27-18(23)13-11-12(3-4-14(13)20-7-9-26-10-8-20)19-17(22)15-5-6-16(28-15)21(24)25/h3-6,11H,2,7-10H2,1H3,(H,19,22). The maximum absolute atomic E-state index is 12.4. The lowest BCUT2D eigenvalue weighted by atomic mass is 10.1. The molecule has 0 spiro atoms. The van der Waals surface area contributed by atoms with Crippen molar-refractivity contribution in [2.75, 3.05) is 43.1 Å². The number of nitrogens with one attached hydrogen (secondary N) is 1. The molecule has 10 nitrogen and oxygen atoms in total. The van der Waals surface area contributed by atoms with E-state index in [9.17, 15) is 19.7 Å². The quantitative estimate of drug-likeness (QED) is 0.454. The van der Waals surface area contributed by atoms with Crippen molar-refractivity contribution in [1.29, 1.82) is 0 Å². The van der Waals surface area contributed by atoms with E-state index in [-0.39, 0.29) is 12.4 Å². The second kappa shape index (κ2) is 8.53. The number of hydrogen-bond acceptors (Lipinski definition) is 8. The van der Waals surface area contributed by atoms with Crippen LogP contribution in [0, 0.1) is 10.1 Å². The summed E-state index contributed by atoms with van der Waals surface area (Å²) in [4.78, 5) is 36.6. The van der Waals surface area contributed by atoms with E-state index in [0.717, 1.165) is 6.07 Å². The lowest BCUT2D eigenvalue weighted by Crippen LogP contribution is -2.37. The third-order valence-corrected chi connectivity index (χ3v) is 4.10. The van der Waals surface area contributed by atoms with Crippen LogP contribution >= 0.6 is 0 Å². The van der Waals surface area contributed by atoms with Crippen LogP contribution < -0.4 is 10.2 Å². The van der Waals surface area contributed by atoms with Gasteiger partial charge in [-0.25, -0.2) is 4.79 Å². The Kier molecular flexibility index (Phi) is 5.90. The molecule has 10 heteroatoms. The Labute approximate surface area is 160 Å². The number of nitrogens with zero attached hydrogens (tertiary/aromatic N) is 2. The molecular formula is C18H19N3O7. The first-order valence-electron chi connectivity index (χ1n) is 8.69. The van der Waals surface area contributed by atoms with E-state index < -0.39 is 22.7 Å². The largest absolute Gasteiger partial charge is 0.462 e. The zero-order chi connectivity index (χ0) is 20.1. The highest BCUT2D eigenvalue weighted by molar-refractivity contribution is 6.04. The Morgan fingerprint density at radius 3 is 2.64 bits per heavy atom. The summed E-state index contributed by atoms with van der Waals surface area (Å²) in [6.45, 7) is 4.30. The normalized spacial score (nSPS) is 13.8. The monoisotopic (exact) mass is 389 g/mol. The van der Waals surface area contributed by atoms with Gasteiger partial charge in [0.25, 0.3) is 5.91 Å². The SMILES string of the molecule is CCOC(=O)c1cc(NC(=O)c2ccc([N+](=O)[O-])o2)ccc1N1CCOCC1. The van der Waals surface area contributed by atoms with Gasteiger partial charge in [-0.3, -0.25) is 14.9 Å². The Morgan fingerprint density at radius 2 is 2.00 bits per heavy atom. The minimum absolute atomic E-state index is 0.207. The molecule has 148 valence electrons. The first-order chi connectivity index (χ1) is 13.5. The highest BCUT2D eigenvalue weighted by atomic mass is 16.6. The van der Waals surface area contributed by atoms with Gasteiger partial charge in [0.15, 0.2) is 5.76 Å². The number of rotatable bonds is 6. The fourth-order valence-electron chi connectivity index (χ4n) is 2.81. The van der Waals surface area contributed by atoms with Gasteiger partial charge < -0.3 is 24.1 Å². The average molecular weight is 389 g/mol. The number of amides is 1. The van der Waals surface area contributed by atoms with E-state index in [1.807, 2.05) is 4.90 Å². The lowest BCUT2D eigenvalue weighted by Gasteiger charge is -2.30. The zero-order valence-corrected chi connectivity index (χ0v) is 15.2. The predicted octanol–water partition coefficient (Wildman–Crippen LogP) is 2.45. The summed E-state index contributed by atoms with van der Waals surface area (Å²) >= 11 is 0. The van der Waals surface area contributed by atoms with Crippen LogP contribution in [0.15, 0.2) is 34.7 Å². The van der Waals surface area contributed by atoms with Crippen molar-refractivity contribution in [1.82, 2.24) is 0 Å². The van der Waals surface area contributed by atoms with Crippen molar-refractivity contribution in [3.8, 4) is 0 Å². The number of nitro groups is 1. The van der Waals surface area contributed by atoms with Crippen molar-refractivity contribution in [3.63, 3.8) is 0 Å². The van der Waals surface area contributed by atoms with E-state index in [1.165, 1.54) is 12.1 Å². The fourth-order valence-corrected chi connectivity index (χ4v) is 2.81. The van der Waals surface area contributed by atoms with Gasteiger partial charge in [-0.2, -0.15) is 0 Å². The van der Waals surface area contributed by atoms with Crippen LogP contribution in [0.25, 0.3) is 0 Å². The Balaban J connectivity index is 1.84. The van der Waals surface area contributed by atoms with Crippen LogP contribution in [-0.2, 0) is 9.47 Å². The summed E-state index contributed by atoms with van der Waals surface area (Å²) in [6.07, 6.45) is 0. The van der Waals surface area contributed by atoms with Gasteiger partial charge in [0.1, 0.15) is 4.92 Å². The predicted molar refractivity (Wildman–Crippen MR) is 98.7 cm³/mol. The van der Waals surface area contributed by atoms with Crippen molar-refractivity contribution < 1.29 is 28.4 Å². The molecule has 2 aromatic rings. The molecular weight excluding hydrogens is 370 g/mol. The molecule has 0 saturated carbocycles. The number of ether oxygens (including phenoxy) is 2. The molecule has 3 rings (SSSR count). The summed E-state index contributed by atoms with van der Waals surface area (Å²) in [6, 6.07) is 7.18. The molecule has 1 aromatic heterocycles. The Bertz CT molecular complexity index is 887. The number of carbonyl (C=O) groups is 2. The molecule has 1 aromatic carbocycles. The molecule has 2 heterocycles. The third kappa shape index (κ3) is 4.29. The topological polar surface area (TPSA) is 124 Å². The van der Waals surface area contributed by atoms with E-state index in [0.29, 0.717) is 43.2 Å². The molecule has 1 amide bonds. The van der Waals surface area contributed by atoms with Gasteiger partial charge >= 0.3 is 11.9 Å². The average Bonchev–Trinajstić information content (AvgIpc) is 3.19. The van der Waals surface area contributed by atoms with E-state index in [2.05, 4.69) is 5.32 Å². The Hall–Kier alpha value is -3.40. The summed E-state index contributed by atoms with van der Waals surface area (Å²) in [7, 11) is 0. The number of benzene rings is 1. The molecule has 1 N–H and O–H groups in total. The number of anilines is 2. The van der Waals surface area contributed by atoms with E-state index in [1.54, 1.807) is 19.1 Å². The van der Waals surface area contributed by atoms with Crippen LogP contribution in [0.3, 0.4) is 0 Å². The summed E-state index contributed by atoms with van der Waals surface area (Å²) < 4.78 is 15.4. The van der Waals surface area contributed by atoms with Gasteiger partial charge in [0.05, 0.1) is 37.1 Å². The maximum atomic E-state index is 12.4. The van der Waals surface area contributed by atoms with Crippen LogP contribution in [-0.4, -0.2) is 49.7 Å². The fraction of sp³-hybridized carbons (Fsp3) is 0.333. The Morgan fingerprint density at radius 1 is 1.25 bits per heavy atom. The van der Waals surface area contributed by atoms with Gasteiger partial charge in [-0.15, -0.1) is 0 Å². The molecule has 1 saturated heterocycles. The maximum Gasteiger partial charge on any atom is 0.433 e. The second-order valence-corrected chi connectivity index (χ2v) is 5.90. The van der Waals surface area contributed by atoms with Crippen molar-refractivity contribution in [3.05, 3.63) is 51.8 Å². The highest BCUT2D eigenvalue weighted by Crippen LogP contribution is 2.27. The number of furan rings is 1. The van der Waals surface area contributed by atoms with Crippen LogP contribution in [0.1, 0.15) is 27.8 Å². The summed E-state index contributed by atoms with van der Waals surface area (Å²) in [5.41, 5.74) is 1.34. The van der Waals surface area contributed by atoms with Crippen molar-refractivity contribution >= 4 is 29.1 Å². The molecule has 0 atom stereocenters. The minimum Gasteiger partial charge on any atom is -0.462 e. The molecule has 0 aliphatic carbocycles. The van der Waals surface area contributed by atoms with Gasteiger partial charge in [-0.1, -0.05) is 0 Å². The summed E-state index contributed by atoms with van der Waals surface area (Å²) in [5, 5.41) is 13.3. The molecule has 1 fully saturated rings. The first-order valence-corrected chi connectivity index (χ1v) is 8.69. The molecule has 0 bridgehead atoms. The van der Waals surface area contributed by atoms with Crippen molar-refractivity contribution in [2.24, 2.45) is 0 Å². The lowest BCUT2D eigenvalue weighted by molar-refractivity contribution is -0.402. The smallest absolute Gasteiger partial charge is 0.433 e. The molecule has 28 heavy (non-hydrogen) atoms. The molecule has 0 radical (unpaired) electrons.